The molecule has 13 heteroatoms. The second-order valence-corrected chi connectivity index (χ2v) is 39.0. The van der Waals surface area contributed by atoms with Crippen LogP contribution in [0.15, 0.2) is 248 Å². The molecule has 5 atom stereocenters. The zero-order chi connectivity index (χ0) is 85.0. The Balaban J connectivity index is 0.0000000939. The third-order valence-corrected chi connectivity index (χ3v) is 29.6. The number of aromatic nitrogens is 9. The van der Waals surface area contributed by atoms with E-state index >= 15 is 0 Å². The van der Waals surface area contributed by atoms with Crippen molar-refractivity contribution in [2.45, 2.75) is 188 Å². The van der Waals surface area contributed by atoms with Crippen molar-refractivity contribution < 1.29 is 45.5 Å². The Kier molecular flexibility index (Phi) is 20.2. The topological polar surface area (TPSA) is 48.1 Å². The molecule has 0 saturated heterocycles. The van der Waals surface area contributed by atoms with E-state index in [2.05, 4.69) is 430 Å². The molecule has 25 rings (SSSR count). The average Bonchev–Trinajstić information content (AvgIpc) is 1.58. The molecule has 0 fully saturated rings. The van der Waals surface area contributed by atoms with Gasteiger partial charge >= 0.3 is 18.2 Å². The highest BCUT2D eigenvalue weighted by Crippen LogP contribution is 2.47. The molecule has 0 amide bonds. The minimum atomic E-state index is 0.342. The standard InChI is InChI=1S/C17H16NO.2C17H16NS.C16H16N2.C15H16N.C14H16N2.C13H14NS/c2*1-10-4-6-13-14(8-10)12(3)18-15-7-5-11(2)9-16(15)19-17(13)18;1-10-4-6-13-15(8-10)19-17-14-7-5-11(2)9-18(14)12(3)16(13)17;1-10-6-13-4-5-14-7-11(2)9-18-12(3)17(8-10)15(13)16(14)18;1-10-4-6-13-14(8-10)12(3)16-9-11(2)5-7-15(13)16;1-10-4-6-13-14-7-5-11(2)9-16(14)12(3)15(13)8-10;1-8-4-5-12-13-11(6-9(2)15-13)10(3)14(12)7-8/h3*4-9,12H,1-3H3;4-9,12H,1-3H3;2*4-9,12H,1-3H3;4-7,10H,1-3H3/q3*+1;+2;+1;+2;+1. The Bertz CT molecular complexity index is 6770. The quantitative estimate of drug-likeness (QED) is 0.110. The van der Waals surface area contributed by atoms with Crippen LogP contribution in [0.25, 0.3) is 119 Å². The van der Waals surface area contributed by atoms with E-state index < -0.39 is 0 Å². The lowest BCUT2D eigenvalue weighted by Crippen LogP contribution is -2.50. The van der Waals surface area contributed by atoms with Crippen molar-refractivity contribution >= 4 is 87.2 Å². The lowest BCUT2D eigenvalue weighted by atomic mass is 10.0. The highest BCUT2D eigenvalue weighted by atomic mass is 32.1. The van der Waals surface area contributed by atoms with Crippen molar-refractivity contribution in [3.8, 4) is 65.8 Å². The van der Waals surface area contributed by atoms with E-state index in [0.717, 1.165) is 11.5 Å². The SMILES string of the molecule is Cc1cc2ccc3cc(C)c[n+]4c3c2[n+](c1)C4C.Cc1ccc2[n+](c1)C(C)[n+]1cc(C)ccc1-2.Cc1ccc2[n+](c1)C(C)c1cc(C)sc1-2.Cc1ccc2c(c1)C(C)[n+]1c-2oc2cc(C)ccc21.Cc1ccc2c(c1)C(C)[n+]1c-2sc2cc(C)ccc21.Cc1ccc2c(c1)C(C)[n+]1cc(C)ccc1-2.Cc1ccc2c3c(sc2c1)-c1ccc(C)c[n+]1C3C. The van der Waals surface area contributed by atoms with Crippen molar-refractivity contribution in [1.29, 1.82) is 0 Å². The lowest BCUT2D eigenvalue weighted by molar-refractivity contribution is -0.906. The molecule has 0 N–H and O–H groups in total. The fourth-order valence-electron chi connectivity index (χ4n) is 19.9. The molecule has 0 spiro atoms. The Labute approximate surface area is 729 Å². The number of rotatable bonds is 0. The molecule has 0 bridgehead atoms. The number of nitrogens with zero attached hydrogens (tertiary/aromatic N) is 9. The summed E-state index contributed by atoms with van der Waals surface area (Å²) in [7, 11) is 0. The largest absolute Gasteiger partial charge is 0.398 e. The summed E-state index contributed by atoms with van der Waals surface area (Å²) in [6.07, 6.45) is 16.5. The number of thiophene rings is 2. The van der Waals surface area contributed by atoms with Gasteiger partial charge in [-0.25, -0.2) is 0 Å². The van der Waals surface area contributed by atoms with Gasteiger partial charge in [0.2, 0.25) is 28.2 Å². The number of fused-ring (bicyclic) bond motifs is 24. The molecule has 10 nitrogen and oxygen atoms in total. The molecule has 606 valence electrons. The predicted octanol–water partition coefficient (Wildman–Crippen LogP) is 23.6. The van der Waals surface area contributed by atoms with Crippen molar-refractivity contribution in [2.24, 2.45) is 0 Å². The summed E-state index contributed by atoms with van der Waals surface area (Å²) in [6.45, 7) is 46.0. The van der Waals surface area contributed by atoms with Gasteiger partial charge in [-0.05, 0) is 229 Å². The zero-order valence-electron chi connectivity index (χ0n) is 74.3. The summed E-state index contributed by atoms with van der Waals surface area (Å²) in [6, 6.07) is 75.8. The van der Waals surface area contributed by atoms with Gasteiger partial charge in [0.25, 0.3) is 32.9 Å². The van der Waals surface area contributed by atoms with Gasteiger partial charge in [-0.15, -0.1) is 45.5 Å². The number of thiazole rings is 1. The second kappa shape index (κ2) is 30.9. The summed E-state index contributed by atoms with van der Waals surface area (Å²) in [4.78, 5) is 4.33. The van der Waals surface area contributed by atoms with Crippen LogP contribution in [-0.4, -0.2) is 0 Å². The second-order valence-electron chi connectivity index (χ2n) is 35.7. The molecule has 18 heterocycles. The normalized spacial score (nSPS) is 16.1. The average molecular weight is 1660 g/mol. The van der Waals surface area contributed by atoms with Crippen LogP contribution < -0.4 is 41.1 Å². The van der Waals surface area contributed by atoms with Crippen LogP contribution in [0.4, 0.5) is 0 Å². The maximum atomic E-state index is 6.09. The minimum absolute atomic E-state index is 0.342. The zero-order valence-corrected chi connectivity index (χ0v) is 76.7. The van der Waals surface area contributed by atoms with Crippen molar-refractivity contribution in [1.82, 2.24) is 0 Å². The van der Waals surface area contributed by atoms with E-state index in [4.69, 9.17) is 4.42 Å². The Hall–Kier alpha value is -11.9. The molecule has 11 aromatic heterocycles. The van der Waals surface area contributed by atoms with Gasteiger partial charge in [0.1, 0.15) is 14.5 Å². The van der Waals surface area contributed by atoms with Gasteiger partial charge in [-0.1, -0.05) is 70.5 Å². The Morgan fingerprint density at radius 1 is 0.270 bits per heavy atom. The first-order valence-corrected chi connectivity index (χ1v) is 45.8. The van der Waals surface area contributed by atoms with Crippen molar-refractivity contribution in [3.63, 3.8) is 0 Å². The molecular weight excluding hydrogens is 1550 g/mol. The van der Waals surface area contributed by atoms with Crippen LogP contribution >= 0.6 is 34.0 Å². The summed E-state index contributed by atoms with van der Waals surface area (Å²) in [5.41, 5.74) is 41.4. The predicted molar refractivity (Wildman–Crippen MR) is 498 cm³/mol. The number of pyridine rings is 7. The van der Waals surface area contributed by atoms with Crippen LogP contribution in [0.5, 0.6) is 0 Å². The highest BCUT2D eigenvalue weighted by molar-refractivity contribution is 7.22. The molecule has 7 aromatic carbocycles. The van der Waals surface area contributed by atoms with Crippen LogP contribution in [0.1, 0.15) is 196 Å². The van der Waals surface area contributed by atoms with Crippen LogP contribution in [0.2, 0.25) is 0 Å². The lowest BCUT2D eigenvalue weighted by Gasteiger charge is -2.03. The summed E-state index contributed by atoms with van der Waals surface area (Å²) < 4.78 is 30.3. The van der Waals surface area contributed by atoms with Crippen LogP contribution in [0, 0.1) is 96.9 Å². The molecule has 0 aliphatic carbocycles. The van der Waals surface area contributed by atoms with E-state index in [1.165, 1.54) is 213 Å². The molecule has 18 aromatic rings. The first-order valence-electron chi connectivity index (χ1n) is 43.4. The van der Waals surface area contributed by atoms with Gasteiger partial charge < -0.3 is 4.42 Å². The molecule has 0 radical (unpaired) electrons. The Morgan fingerprint density at radius 3 is 1.26 bits per heavy atom. The number of aryl methyl sites for hydroxylation is 14. The molecule has 122 heavy (non-hydrogen) atoms. The number of hydrogen-bond acceptors (Lipinski definition) is 4. The third-order valence-electron chi connectivity index (χ3n) is 26.1. The maximum Gasteiger partial charge on any atom is 0.382 e. The smallest absolute Gasteiger partial charge is 0.382 e. The number of oxazole rings is 1. The summed E-state index contributed by atoms with van der Waals surface area (Å²) in [5.74, 6) is 0.989. The van der Waals surface area contributed by atoms with Gasteiger partial charge in [0, 0.05) is 153 Å². The maximum absolute atomic E-state index is 6.09. The fourth-order valence-corrected chi connectivity index (χ4v) is 23.8. The Morgan fingerprint density at radius 2 is 0.680 bits per heavy atom. The first-order chi connectivity index (χ1) is 58.6. The van der Waals surface area contributed by atoms with E-state index in [1.807, 2.05) is 34.0 Å². The summed E-state index contributed by atoms with van der Waals surface area (Å²) >= 11 is 5.76. The highest BCUT2D eigenvalue weighted by Gasteiger charge is 2.45. The first kappa shape index (κ1) is 79.9. The van der Waals surface area contributed by atoms with Gasteiger partial charge in [-0.2, -0.15) is 18.3 Å². The van der Waals surface area contributed by atoms with E-state index in [0.29, 0.717) is 42.5 Å². The van der Waals surface area contributed by atoms with E-state index in [1.54, 1.807) is 0 Å². The van der Waals surface area contributed by atoms with Crippen molar-refractivity contribution in [2.75, 3.05) is 0 Å². The fraction of sp³-hybridized carbons (Fsp3) is 0.257. The van der Waals surface area contributed by atoms with Gasteiger partial charge in [-0.3, -0.25) is 0 Å². The third kappa shape index (κ3) is 13.8. The molecule has 0 saturated carbocycles. The molecule has 7 aliphatic rings. The molecule has 5 unspecified atom stereocenters. The summed E-state index contributed by atoms with van der Waals surface area (Å²) in [5, 5.41) is 5.51. The van der Waals surface area contributed by atoms with E-state index in [9.17, 15) is 0 Å². The molecular formula is C109H110N9OS3+9. The number of benzene rings is 7. The van der Waals surface area contributed by atoms with Crippen LogP contribution in [-0.2, 0) is 0 Å². The monoisotopic (exact) mass is 1660 g/mol. The van der Waals surface area contributed by atoms with Gasteiger partial charge in [0.15, 0.2) is 73.6 Å². The van der Waals surface area contributed by atoms with E-state index in [-0.39, 0.29) is 0 Å². The van der Waals surface area contributed by atoms with Gasteiger partial charge in [0.05, 0.1) is 46.9 Å². The van der Waals surface area contributed by atoms with Crippen LogP contribution in [0.3, 0.4) is 0 Å². The minimum Gasteiger partial charge on any atom is -0.398 e. The van der Waals surface area contributed by atoms with Crippen molar-refractivity contribution in [3.05, 3.63) is 349 Å². The number of hydrogen-bond donors (Lipinski definition) is 0. The molecule has 7 aliphatic heterocycles.